The van der Waals surface area contributed by atoms with Crippen LogP contribution in [0.15, 0.2) is 57.2 Å². The molecule has 3 aromatic rings. The molecule has 188 valence electrons. The molecule has 1 saturated heterocycles. The van der Waals surface area contributed by atoms with Gasteiger partial charge in [0.15, 0.2) is 14.6 Å². The summed E-state index contributed by atoms with van der Waals surface area (Å²) in [6.45, 7) is 2.05. The number of sulfonamides is 1. The second-order valence-corrected chi connectivity index (χ2v) is 12.9. The number of fused-ring (bicyclic) bond motifs is 1. The summed E-state index contributed by atoms with van der Waals surface area (Å²) in [5.41, 5.74) is 0.969. The maximum atomic E-state index is 12.9. The van der Waals surface area contributed by atoms with Gasteiger partial charge in [-0.2, -0.15) is 9.30 Å². The van der Waals surface area contributed by atoms with Gasteiger partial charge in [0.25, 0.3) is 5.91 Å². The molecule has 1 aliphatic rings. The van der Waals surface area contributed by atoms with Crippen molar-refractivity contribution in [1.82, 2.24) is 8.87 Å². The fourth-order valence-electron chi connectivity index (χ4n) is 3.63. The van der Waals surface area contributed by atoms with E-state index >= 15 is 0 Å². The Morgan fingerprint density at radius 1 is 1.06 bits per heavy atom. The highest BCUT2D eigenvalue weighted by atomic mass is 32.2. The molecular weight excluding hydrogens is 514 g/mol. The van der Waals surface area contributed by atoms with E-state index < -0.39 is 25.8 Å². The van der Waals surface area contributed by atoms with E-state index in [1.807, 2.05) is 0 Å². The average Bonchev–Trinajstić information content (AvgIpc) is 3.18. The van der Waals surface area contributed by atoms with Gasteiger partial charge in [-0.25, -0.2) is 16.8 Å². The molecule has 10 nitrogen and oxygen atoms in total. The zero-order valence-electron chi connectivity index (χ0n) is 19.2. The van der Waals surface area contributed by atoms with Crippen molar-refractivity contribution in [2.75, 3.05) is 46.3 Å². The highest BCUT2D eigenvalue weighted by molar-refractivity contribution is 7.90. The van der Waals surface area contributed by atoms with Crippen LogP contribution in [0.3, 0.4) is 0 Å². The highest BCUT2D eigenvalue weighted by Gasteiger charge is 2.26. The van der Waals surface area contributed by atoms with E-state index in [1.165, 1.54) is 46.0 Å². The van der Waals surface area contributed by atoms with Crippen LogP contribution >= 0.6 is 11.3 Å². The van der Waals surface area contributed by atoms with Crippen LogP contribution in [0.25, 0.3) is 10.2 Å². The Hall–Kier alpha value is -2.42. The van der Waals surface area contributed by atoms with Crippen LogP contribution in [0.5, 0.6) is 0 Å². The highest BCUT2D eigenvalue weighted by Crippen LogP contribution is 2.22. The smallest absolute Gasteiger partial charge is 0.279 e. The average molecular weight is 540 g/mol. The van der Waals surface area contributed by atoms with Gasteiger partial charge in [-0.3, -0.25) is 4.79 Å². The van der Waals surface area contributed by atoms with Gasteiger partial charge in [0, 0.05) is 38.6 Å². The first-order valence-corrected chi connectivity index (χ1v) is 14.9. The van der Waals surface area contributed by atoms with Gasteiger partial charge in [0.05, 0.1) is 39.8 Å². The summed E-state index contributed by atoms with van der Waals surface area (Å²) in [6, 6.07) is 10.4. The van der Waals surface area contributed by atoms with E-state index in [9.17, 15) is 21.6 Å². The molecule has 13 heteroatoms. The Morgan fingerprint density at radius 3 is 2.34 bits per heavy atom. The van der Waals surface area contributed by atoms with Crippen LogP contribution in [-0.4, -0.2) is 77.9 Å². The third-order valence-electron chi connectivity index (χ3n) is 5.51. The maximum absolute atomic E-state index is 12.9. The van der Waals surface area contributed by atoms with E-state index in [4.69, 9.17) is 9.47 Å². The molecule has 0 spiro atoms. The lowest BCUT2D eigenvalue weighted by molar-refractivity contribution is 0.0730. The van der Waals surface area contributed by atoms with Gasteiger partial charge >= 0.3 is 0 Å². The summed E-state index contributed by atoms with van der Waals surface area (Å²) in [5, 5.41) is 0. The number of carbonyl (C=O) groups is 1. The Morgan fingerprint density at radius 2 is 1.71 bits per heavy atom. The standard InChI is InChI=1S/C22H25N3O7S3/c1-31-12-11-25-19-8-7-18(34(2,27)28)15-20(19)33-22(25)23-21(26)16-3-5-17(6-4-16)35(29,30)24-9-13-32-14-10-24/h3-8,15H,9-14H2,1-2H3. The number of hydrogen-bond acceptors (Lipinski definition) is 8. The molecule has 0 N–H and O–H groups in total. The fourth-order valence-corrected chi connectivity index (χ4v) is 6.85. The second-order valence-electron chi connectivity index (χ2n) is 7.89. The monoisotopic (exact) mass is 539 g/mol. The molecule has 1 aliphatic heterocycles. The molecule has 4 rings (SSSR count). The van der Waals surface area contributed by atoms with E-state index in [0.29, 0.717) is 35.9 Å². The minimum Gasteiger partial charge on any atom is -0.383 e. The number of thiazole rings is 1. The van der Waals surface area contributed by atoms with Gasteiger partial charge in [-0.15, -0.1) is 0 Å². The number of nitrogens with zero attached hydrogens (tertiary/aromatic N) is 3. The molecule has 0 saturated carbocycles. The van der Waals surface area contributed by atoms with Crippen molar-refractivity contribution in [1.29, 1.82) is 0 Å². The Labute approximate surface area is 207 Å². The summed E-state index contributed by atoms with van der Waals surface area (Å²) >= 11 is 1.19. The van der Waals surface area contributed by atoms with Crippen LogP contribution in [0, 0.1) is 0 Å². The molecule has 2 aromatic carbocycles. The largest absolute Gasteiger partial charge is 0.383 e. The second kappa shape index (κ2) is 10.3. The molecule has 1 aromatic heterocycles. The van der Waals surface area contributed by atoms with Crippen molar-refractivity contribution in [3.05, 3.63) is 52.8 Å². The number of rotatable bonds is 7. The first-order valence-electron chi connectivity index (χ1n) is 10.7. The van der Waals surface area contributed by atoms with Crippen LogP contribution < -0.4 is 4.80 Å². The van der Waals surface area contributed by atoms with Gasteiger partial charge in [-0.1, -0.05) is 11.3 Å². The number of benzene rings is 2. The number of ether oxygens (including phenoxy) is 2. The zero-order chi connectivity index (χ0) is 25.2. The lowest BCUT2D eigenvalue weighted by Gasteiger charge is -2.26. The molecule has 0 radical (unpaired) electrons. The summed E-state index contributed by atoms with van der Waals surface area (Å²) in [6.07, 6.45) is 1.14. The van der Waals surface area contributed by atoms with Crippen molar-refractivity contribution in [3.63, 3.8) is 0 Å². The third kappa shape index (κ3) is 5.55. The molecule has 0 atom stereocenters. The molecule has 0 bridgehead atoms. The summed E-state index contributed by atoms with van der Waals surface area (Å²) in [4.78, 5) is 17.8. The number of morpholine rings is 1. The predicted molar refractivity (Wildman–Crippen MR) is 131 cm³/mol. The Bertz CT molecular complexity index is 1520. The number of amides is 1. The van der Waals surface area contributed by atoms with E-state index in [2.05, 4.69) is 4.99 Å². The molecular formula is C22H25N3O7S3. The number of hydrogen-bond donors (Lipinski definition) is 0. The predicted octanol–water partition coefficient (Wildman–Crippen LogP) is 1.51. The fraction of sp³-hybridized carbons (Fsp3) is 0.364. The minimum absolute atomic E-state index is 0.0984. The van der Waals surface area contributed by atoms with Crippen molar-refractivity contribution in [2.24, 2.45) is 4.99 Å². The molecule has 0 aliphatic carbocycles. The van der Waals surface area contributed by atoms with Gasteiger partial charge in [-0.05, 0) is 42.5 Å². The zero-order valence-corrected chi connectivity index (χ0v) is 21.7. The molecule has 2 heterocycles. The Balaban J connectivity index is 1.68. The van der Waals surface area contributed by atoms with Gasteiger partial charge in [0.2, 0.25) is 10.0 Å². The molecule has 1 amide bonds. The Kier molecular flexibility index (Phi) is 7.54. The van der Waals surface area contributed by atoms with Crippen LogP contribution in [0.1, 0.15) is 10.4 Å². The summed E-state index contributed by atoms with van der Waals surface area (Å²) < 4.78 is 63.7. The number of sulfone groups is 1. The van der Waals surface area contributed by atoms with E-state index in [1.54, 1.807) is 23.8 Å². The van der Waals surface area contributed by atoms with Crippen LogP contribution in [0.2, 0.25) is 0 Å². The molecule has 0 unspecified atom stereocenters. The van der Waals surface area contributed by atoms with Crippen molar-refractivity contribution < 1.29 is 31.1 Å². The number of aromatic nitrogens is 1. The number of methoxy groups -OCH3 is 1. The quantitative estimate of drug-likeness (QED) is 0.446. The van der Waals surface area contributed by atoms with Crippen molar-refractivity contribution in [3.8, 4) is 0 Å². The minimum atomic E-state index is -3.67. The first-order chi connectivity index (χ1) is 16.6. The maximum Gasteiger partial charge on any atom is 0.279 e. The topological polar surface area (TPSA) is 124 Å². The van der Waals surface area contributed by atoms with Crippen LogP contribution in [0.4, 0.5) is 0 Å². The SMILES string of the molecule is COCCn1c(=NC(=O)c2ccc(S(=O)(=O)N3CCOCC3)cc2)sc2cc(S(C)(=O)=O)ccc21. The lowest BCUT2D eigenvalue weighted by Crippen LogP contribution is -2.40. The first kappa shape index (κ1) is 25.7. The molecule has 35 heavy (non-hydrogen) atoms. The van der Waals surface area contributed by atoms with Crippen LogP contribution in [-0.2, 0) is 35.9 Å². The lowest BCUT2D eigenvalue weighted by atomic mass is 10.2. The third-order valence-corrected chi connectivity index (χ3v) is 9.57. The van der Waals surface area contributed by atoms with Gasteiger partial charge < -0.3 is 14.0 Å². The van der Waals surface area contributed by atoms with Crippen molar-refractivity contribution >= 4 is 47.3 Å². The van der Waals surface area contributed by atoms with Gasteiger partial charge in [0.1, 0.15) is 0 Å². The van der Waals surface area contributed by atoms with E-state index in [-0.39, 0.29) is 28.4 Å². The van der Waals surface area contributed by atoms with Crippen molar-refractivity contribution in [2.45, 2.75) is 16.3 Å². The summed E-state index contributed by atoms with van der Waals surface area (Å²) in [5.74, 6) is -0.540. The number of carbonyl (C=O) groups excluding carboxylic acids is 1. The normalized spacial score (nSPS) is 16.1. The van der Waals surface area contributed by atoms with E-state index in [0.717, 1.165) is 11.8 Å². The summed E-state index contributed by atoms with van der Waals surface area (Å²) in [7, 11) is -5.50. The molecule has 1 fully saturated rings.